The lowest BCUT2D eigenvalue weighted by atomic mass is 9.92. The van der Waals surface area contributed by atoms with Gasteiger partial charge < -0.3 is 14.5 Å². The van der Waals surface area contributed by atoms with E-state index in [1.54, 1.807) is 7.11 Å². The summed E-state index contributed by atoms with van der Waals surface area (Å²) in [4.78, 5) is 22.4. The molecule has 1 fully saturated rings. The van der Waals surface area contributed by atoms with Crippen LogP contribution < -0.4 is 10.3 Å². The number of fused-ring (bicyclic) bond motifs is 1. The highest BCUT2D eigenvalue weighted by Crippen LogP contribution is 2.31. The lowest BCUT2D eigenvalue weighted by Crippen LogP contribution is -2.39. The summed E-state index contributed by atoms with van der Waals surface area (Å²) in [7, 11) is 1.68. The van der Waals surface area contributed by atoms with Crippen LogP contribution in [-0.4, -0.2) is 34.3 Å². The number of aromatic amines is 1. The first kappa shape index (κ1) is 12.4. The van der Waals surface area contributed by atoms with Crippen LogP contribution in [0.4, 0.5) is 0 Å². The molecular weight excluding hydrogens is 270 g/mol. The highest BCUT2D eigenvalue weighted by molar-refractivity contribution is 6.33. The number of methoxy groups -OCH3 is 1. The van der Waals surface area contributed by atoms with Crippen LogP contribution in [0.25, 0.3) is 10.9 Å². The topological polar surface area (TPSA) is 77.1 Å². The zero-order valence-corrected chi connectivity index (χ0v) is 11.0. The maximum Gasteiger partial charge on any atom is 0.262 e. The van der Waals surface area contributed by atoms with Gasteiger partial charge in [0.1, 0.15) is 17.0 Å². The standard InChI is InChI=1S/C12H12ClN3O3/c1-18-6-2-7(3-6)19-8-4-14-11(13)10-9(8)12(17)16-5-15-10/h4-7H,2-3H2,1H3,(H,15,16,17). The Kier molecular flexibility index (Phi) is 3.12. The molecule has 2 aromatic rings. The molecule has 0 amide bonds. The second-order valence-corrected chi connectivity index (χ2v) is 4.80. The summed E-state index contributed by atoms with van der Waals surface area (Å²) in [6.07, 6.45) is 4.63. The number of nitrogens with one attached hydrogen (secondary N) is 1. The van der Waals surface area contributed by atoms with Gasteiger partial charge in [0.25, 0.3) is 5.56 Å². The van der Waals surface area contributed by atoms with Crippen LogP contribution in [0.3, 0.4) is 0 Å². The third-order valence-corrected chi connectivity index (χ3v) is 3.55. The predicted molar refractivity (Wildman–Crippen MR) is 69.6 cm³/mol. The molecule has 1 saturated carbocycles. The molecule has 1 N–H and O–H groups in total. The Labute approximate surface area is 113 Å². The zero-order valence-electron chi connectivity index (χ0n) is 10.2. The number of aromatic nitrogens is 3. The number of hydrogen-bond donors (Lipinski definition) is 1. The quantitative estimate of drug-likeness (QED) is 0.863. The van der Waals surface area contributed by atoms with Crippen molar-refractivity contribution in [1.29, 1.82) is 0 Å². The Hall–Kier alpha value is -1.66. The van der Waals surface area contributed by atoms with Crippen LogP contribution in [0.5, 0.6) is 5.75 Å². The minimum absolute atomic E-state index is 0.0377. The van der Waals surface area contributed by atoms with Gasteiger partial charge in [-0.2, -0.15) is 0 Å². The van der Waals surface area contributed by atoms with Gasteiger partial charge in [-0.15, -0.1) is 0 Å². The second-order valence-electron chi connectivity index (χ2n) is 4.44. The maximum absolute atomic E-state index is 11.9. The van der Waals surface area contributed by atoms with Crippen molar-refractivity contribution in [1.82, 2.24) is 15.0 Å². The lowest BCUT2D eigenvalue weighted by Gasteiger charge is -2.34. The van der Waals surface area contributed by atoms with Crippen LogP contribution in [-0.2, 0) is 4.74 Å². The van der Waals surface area contributed by atoms with Crippen LogP contribution in [0, 0.1) is 0 Å². The van der Waals surface area contributed by atoms with Crippen molar-refractivity contribution in [3.8, 4) is 5.75 Å². The van der Waals surface area contributed by atoms with Crippen LogP contribution in [0.15, 0.2) is 17.3 Å². The molecule has 100 valence electrons. The van der Waals surface area contributed by atoms with Crippen molar-refractivity contribution in [3.05, 3.63) is 28.0 Å². The van der Waals surface area contributed by atoms with Gasteiger partial charge in [-0.1, -0.05) is 11.6 Å². The van der Waals surface area contributed by atoms with Crippen molar-refractivity contribution >= 4 is 22.5 Å². The van der Waals surface area contributed by atoms with E-state index in [1.807, 2.05) is 0 Å². The summed E-state index contributed by atoms with van der Waals surface area (Å²) in [6.45, 7) is 0. The summed E-state index contributed by atoms with van der Waals surface area (Å²) >= 11 is 5.93. The summed E-state index contributed by atoms with van der Waals surface area (Å²) in [5, 5.41) is 0.528. The van der Waals surface area contributed by atoms with Gasteiger partial charge in [0.15, 0.2) is 10.9 Å². The molecule has 0 spiro atoms. The van der Waals surface area contributed by atoms with Crippen LogP contribution in [0.2, 0.25) is 5.15 Å². The highest BCUT2D eigenvalue weighted by atomic mass is 35.5. The number of rotatable bonds is 3. The fourth-order valence-electron chi connectivity index (χ4n) is 2.10. The van der Waals surface area contributed by atoms with Crippen molar-refractivity contribution in [2.24, 2.45) is 0 Å². The lowest BCUT2D eigenvalue weighted by molar-refractivity contribution is -0.0377. The van der Waals surface area contributed by atoms with E-state index in [4.69, 9.17) is 21.1 Å². The van der Waals surface area contributed by atoms with Gasteiger partial charge in [-0.25, -0.2) is 9.97 Å². The summed E-state index contributed by atoms with van der Waals surface area (Å²) in [6, 6.07) is 0. The molecule has 0 unspecified atom stereocenters. The number of halogens is 1. The Balaban J connectivity index is 1.96. The van der Waals surface area contributed by atoms with Gasteiger partial charge in [0, 0.05) is 20.0 Å². The van der Waals surface area contributed by atoms with Crippen molar-refractivity contribution in [2.45, 2.75) is 25.0 Å². The average molecular weight is 282 g/mol. The fourth-order valence-corrected chi connectivity index (χ4v) is 2.29. The molecule has 3 rings (SSSR count). The number of ether oxygens (including phenoxy) is 2. The first-order chi connectivity index (χ1) is 9.19. The summed E-state index contributed by atoms with van der Waals surface area (Å²) in [5.41, 5.74) is 0.0671. The van der Waals surface area contributed by atoms with E-state index in [0.717, 1.165) is 12.8 Å². The molecular formula is C12H12ClN3O3. The molecule has 19 heavy (non-hydrogen) atoms. The van der Waals surface area contributed by atoms with Gasteiger partial charge in [0.2, 0.25) is 0 Å². The Morgan fingerprint density at radius 1 is 1.37 bits per heavy atom. The van der Waals surface area contributed by atoms with E-state index in [-0.39, 0.29) is 22.9 Å². The predicted octanol–water partition coefficient (Wildman–Crippen LogP) is 1.53. The molecule has 1 aliphatic rings. The smallest absolute Gasteiger partial charge is 0.262 e. The molecule has 1 aliphatic carbocycles. The van der Waals surface area contributed by atoms with Gasteiger partial charge in [0.05, 0.1) is 18.6 Å². The van der Waals surface area contributed by atoms with Gasteiger partial charge >= 0.3 is 0 Å². The van der Waals surface area contributed by atoms with E-state index in [0.29, 0.717) is 16.7 Å². The normalized spacial score (nSPS) is 22.2. The molecule has 0 atom stereocenters. The number of hydrogen-bond acceptors (Lipinski definition) is 5. The summed E-state index contributed by atoms with van der Waals surface area (Å²) < 4.78 is 11.0. The monoisotopic (exact) mass is 281 g/mol. The Morgan fingerprint density at radius 3 is 2.89 bits per heavy atom. The van der Waals surface area contributed by atoms with E-state index in [2.05, 4.69) is 15.0 Å². The third kappa shape index (κ3) is 2.17. The number of H-pyrrole nitrogens is 1. The Bertz CT molecular complexity index is 667. The molecule has 0 aromatic carbocycles. The molecule has 0 bridgehead atoms. The number of nitrogens with zero attached hydrogens (tertiary/aromatic N) is 2. The Morgan fingerprint density at radius 2 is 2.16 bits per heavy atom. The SMILES string of the molecule is COC1CC(Oc2cnc(Cl)c3nc[nH]c(=O)c23)C1. The molecule has 0 saturated heterocycles. The first-order valence-electron chi connectivity index (χ1n) is 5.90. The summed E-state index contributed by atoms with van der Waals surface area (Å²) in [5.74, 6) is 0.410. The first-order valence-corrected chi connectivity index (χ1v) is 6.28. The molecule has 7 heteroatoms. The highest BCUT2D eigenvalue weighted by Gasteiger charge is 2.31. The van der Waals surface area contributed by atoms with E-state index < -0.39 is 0 Å². The van der Waals surface area contributed by atoms with Crippen LogP contribution in [0.1, 0.15) is 12.8 Å². The second kappa shape index (κ2) is 4.79. The number of pyridine rings is 1. The van der Waals surface area contributed by atoms with Crippen LogP contribution >= 0.6 is 11.6 Å². The van der Waals surface area contributed by atoms with E-state index in [1.165, 1.54) is 12.5 Å². The molecule has 6 nitrogen and oxygen atoms in total. The zero-order chi connectivity index (χ0) is 13.4. The van der Waals surface area contributed by atoms with Crippen molar-refractivity contribution in [2.75, 3.05) is 7.11 Å². The van der Waals surface area contributed by atoms with Crippen molar-refractivity contribution < 1.29 is 9.47 Å². The average Bonchev–Trinajstić information content (AvgIpc) is 2.36. The fraction of sp³-hybridized carbons (Fsp3) is 0.417. The minimum Gasteiger partial charge on any atom is -0.488 e. The third-order valence-electron chi connectivity index (χ3n) is 3.27. The molecule has 2 heterocycles. The van der Waals surface area contributed by atoms with Crippen molar-refractivity contribution in [3.63, 3.8) is 0 Å². The maximum atomic E-state index is 11.9. The largest absolute Gasteiger partial charge is 0.488 e. The van der Waals surface area contributed by atoms with E-state index >= 15 is 0 Å². The minimum atomic E-state index is -0.285. The van der Waals surface area contributed by atoms with E-state index in [9.17, 15) is 4.79 Å². The molecule has 0 radical (unpaired) electrons. The van der Waals surface area contributed by atoms with Gasteiger partial charge in [-0.3, -0.25) is 4.79 Å². The van der Waals surface area contributed by atoms with Gasteiger partial charge in [-0.05, 0) is 0 Å². The molecule has 2 aromatic heterocycles. The molecule has 0 aliphatic heterocycles.